The molecule has 0 fully saturated rings. The number of H-pyrrole nitrogens is 1. The first-order chi connectivity index (χ1) is 18.5. The molecule has 0 radical (unpaired) electrons. The van der Waals surface area contributed by atoms with Crippen molar-refractivity contribution in [3.63, 3.8) is 0 Å². The number of rotatable bonds is 8. The van der Waals surface area contributed by atoms with Crippen LogP contribution >= 0.6 is 0 Å². The minimum Gasteiger partial charge on any atom is -0.494 e. The predicted molar refractivity (Wildman–Crippen MR) is 150 cm³/mol. The third kappa shape index (κ3) is 5.40. The first kappa shape index (κ1) is 24.7. The fourth-order valence-corrected chi connectivity index (χ4v) is 4.07. The van der Waals surface area contributed by atoms with Gasteiger partial charge in [-0.3, -0.25) is 4.79 Å². The molecule has 7 nitrogen and oxygen atoms in total. The molecule has 2 aromatic heterocycles. The second kappa shape index (κ2) is 11.0. The Morgan fingerprint density at radius 3 is 2.53 bits per heavy atom. The molecule has 0 saturated carbocycles. The summed E-state index contributed by atoms with van der Waals surface area (Å²) in [4.78, 5) is 19.9. The van der Waals surface area contributed by atoms with Crippen LogP contribution in [0.2, 0.25) is 0 Å². The van der Waals surface area contributed by atoms with E-state index < -0.39 is 0 Å². The Hall–Kier alpha value is -4.96. The van der Waals surface area contributed by atoms with E-state index in [0.29, 0.717) is 29.1 Å². The second-order valence-corrected chi connectivity index (χ2v) is 9.37. The molecule has 0 saturated heterocycles. The van der Waals surface area contributed by atoms with E-state index in [-0.39, 0.29) is 17.0 Å². The summed E-state index contributed by atoms with van der Waals surface area (Å²) in [7, 11) is 0. The van der Waals surface area contributed by atoms with Gasteiger partial charge in [0.05, 0.1) is 34.5 Å². The van der Waals surface area contributed by atoms with E-state index in [0.717, 1.165) is 29.0 Å². The average molecular weight is 502 g/mol. The zero-order chi connectivity index (χ0) is 26.5. The van der Waals surface area contributed by atoms with Crippen LogP contribution in [0.4, 0.5) is 0 Å². The van der Waals surface area contributed by atoms with Crippen LogP contribution < -0.4 is 10.3 Å². The Kier molecular flexibility index (Phi) is 7.14. The minimum atomic E-state index is -0.292. The van der Waals surface area contributed by atoms with Crippen LogP contribution in [0.5, 0.6) is 5.75 Å². The zero-order valence-electron chi connectivity index (χ0n) is 21.3. The number of hydrogen-bond acceptors (Lipinski definition) is 5. The molecular weight excluding hydrogens is 474 g/mol. The van der Waals surface area contributed by atoms with E-state index in [1.54, 1.807) is 29.0 Å². The van der Waals surface area contributed by atoms with Gasteiger partial charge >= 0.3 is 0 Å². The van der Waals surface area contributed by atoms with Crippen molar-refractivity contribution in [2.45, 2.75) is 20.3 Å². The number of nitrogens with one attached hydrogen (secondary N) is 1. The van der Waals surface area contributed by atoms with Crippen molar-refractivity contribution >= 4 is 22.6 Å². The van der Waals surface area contributed by atoms with Crippen LogP contribution in [0.15, 0.2) is 89.9 Å². The molecule has 7 heteroatoms. The number of fused-ring (bicyclic) bond motifs is 1. The lowest BCUT2D eigenvalue weighted by Gasteiger charge is -2.08. The number of aromatic nitrogens is 4. The van der Waals surface area contributed by atoms with Gasteiger partial charge in [0.1, 0.15) is 11.8 Å². The van der Waals surface area contributed by atoms with Crippen LogP contribution in [-0.2, 0) is 0 Å². The summed E-state index contributed by atoms with van der Waals surface area (Å²) in [5.41, 5.74) is 3.64. The molecule has 38 heavy (non-hydrogen) atoms. The monoisotopic (exact) mass is 501 g/mol. The zero-order valence-corrected chi connectivity index (χ0v) is 21.3. The lowest BCUT2D eigenvalue weighted by Crippen LogP contribution is -2.11. The van der Waals surface area contributed by atoms with Crippen molar-refractivity contribution in [3.05, 3.63) is 107 Å². The Bertz CT molecular complexity index is 1690. The van der Waals surface area contributed by atoms with Crippen LogP contribution in [0.1, 0.15) is 31.7 Å². The van der Waals surface area contributed by atoms with Gasteiger partial charge < -0.3 is 9.72 Å². The van der Waals surface area contributed by atoms with E-state index >= 15 is 0 Å². The smallest absolute Gasteiger partial charge is 0.259 e. The maximum Gasteiger partial charge on any atom is 0.259 e. The van der Waals surface area contributed by atoms with Crippen molar-refractivity contribution in [3.8, 4) is 28.8 Å². The van der Waals surface area contributed by atoms with Gasteiger partial charge in [0.2, 0.25) is 0 Å². The molecule has 0 aliphatic rings. The number of ether oxygens (including phenoxy) is 1. The van der Waals surface area contributed by atoms with Crippen molar-refractivity contribution in [1.29, 1.82) is 5.26 Å². The lowest BCUT2D eigenvalue weighted by molar-refractivity contribution is 0.289. The summed E-state index contributed by atoms with van der Waals surface area (Å²) in [5.74, 6) is 1.58. The highest BCUT2D eigenvalue weighted by Crippen LogP contribution is 2.29. The molecule has 0 atom stereocenters. The maximum absolute atomic E-state index is 12.6. The number of aromatic amines is 1. The highest BCUT2D eigenvalue weighted by atomic mass is 16.5. The van der Waals surface area contributed by atoms with E-state index in [2.05, 4.69) is 29.9 Å². The predicted octanol–water partition coefficient (Wildman–Crippen LogP) is 6.26. The van der Waals surface area contributed by atoms with Gasteiger partial charge in [0.15, 0.2) is 5.82 Å². The van der Waals surface area contributed by atoms with Crippen LogP contribution in [-0.4, -0.2) is 26.4 Å². The largest absolute Gasteiger partial charge is 0.494 e. The van der Waals surface area contributed by atoms with E-state index in [1.165, 1.54) is 0 Å². The number of para-hydroxylation sites is 2. The molecule has 3 aromatic carbocycles. The molecule has 0 bridgehead atoms. The molecule has 0 aliphatic carbocycles. The third-order valence-electron chi connectivity index (χ3n) is 6.14. The lowest BCUT2D eigenvalue weighted by atomic mass is 10.1. The van der Waals surface area contributed by atoms with Crippen molar-refractivity contribution in [2.75, 3.05) is 6.61 Å². The fourth-order valence-electron chi connectivity index (χ4n) is 4.07. The summed E-state index contributed by atoms with van der Waals surface area (Å²) in [6.45, 7) is 5.00. The summed E-state index contributed by atoms with van der Waals surface area (Å²) >= 11 is 0. The van der Waals surface area contributed by atoms with Crippen LogP contribution in [0.25, 0.3) is 39.5 Å². The van der Waals surface area contributed by atoms with Gasteiger partial charge in [-0.15, -0.1) is 0 Å². The molecule has 1 N–H and O–H groups in total. The Morgan fingerprint density at radius 2 is 1.79 bits per heavy atom. The molecule has 0 spiro atoms. The van der Waals surface area contributed by atoms with Crippen LogP contribution in [0, 0.1) is 17.2 Å². The number of nitrogens with zero attached hydrogens (tertiary/aromatic N) is 4. The molecule has 5 aromatic rings. The summed E-state index contributed by atoms with van der Waals surface area (Å²) in [6.07, 6.45) is 4.57. The topological polar surface area (TPSA) is 96.6 Å². The van der Waals surface area contributed by atoms with Gasteiger partial charge in [0, 0.05) is 17.3 Å². The van der Waals surface area contributed by atoms with Gasteiger partial charge in [-0.05, 0) is 66.9 Å². The first-order valence-electron chi connectivity index (χ1n) is 12.5. The molecule has 188 valence electrons. The van der Waals surface area contributed by atoms with Gasteiger partial charge in [-0.1, -0.05) is 44.2 Å². The Morgan fingerprint density at radius 1 is 1.05 bits per heavy atom. The van der Waals surface area contributed by atoms with E-state index in [1.807, 2.05) is 66.9 Å². The van der Waals surface area contributed by atoms with Gasteiger partial charge in [0.25, 0.3) is 5.56 Å². The van der Waals surface area contributed by atoms with Gasteiger partial charge in [-0.25, -0.2) is 9.67 Å². The first-order valence-corrected chi connectivity index (χ1v) is 12.5. The molecule has 5 rings (SSSR count). The summed E-state index contributed by atoms with van der Waals surface area (Å²) < 4.78 is 7.65. The summed E-state index contributed by atoms with van der Waals surface area (Å²) in [6, 6.07) is 26.8. The molecule has 0 aliphatic heterocycles. The highest BCUT2D eigenvalue weighted by Gasteiger charge is 2.15. The van der Waals surface area contributed by atoms with E-state index in [4.69, 9.17) is 9.84 Å². The van der Waals surface area contributed by atoms with Crippen molar-refractivity contribution in [1.82, 2.24) is 19.7 Å². The quantitative estimate of drug-likeness (QED) is 0.253. The SMILES string of the molecule is CC(C)CCOc1ccc(-c2nn(-c3ccccc3)cc2/C=C(\C#N)c2nc3ccccc3c(=O)[nH]2)cc1. The Labute approximate surface area is 220 Å². The molecular formula is C31H27N5O2. The third-order valence-corrected chi connectivity index (χ3v) is 6.14. The van der Waals surface area contributed by atoms with Crippen LogP contribution in [0.3, 0.4) is 0 Å². The van der Waals surface area contributed by atoms with Crippen molar-refractivity contribution < 1.29 is 4.74 Å². The standard InChI is InChI=1S/C31H27N5O2/c1-21(2)16-17-38-26-14-12-22(13-15-26)29-24(20-36(35-29)25-8-4-3-5-9-25)18-23(19-32)30-33-28-11-7-6-10-27(28)31(37)34-30/h3-15,18,20-21H,16-17H2,1-2H3,(H,33,34,37)/b23-18+. The average Bonchev–Trinajstić information content (AvgIpc) is 3.36. The fraction of sp³-hybridized carbons (Fsp3) is 0.161. The molecule has 0 amide bonds. The number of nitriles is 1. The maximum atomic E-state index is 12.6. The number of hydrogen-bond donors (Lipinski definition) is 1. The number of allylic oxidation sites excluding steroid dienone is 1. The van der Waals surface area contributed by atoms with E-state index in [9.17, 15) is 10.1 Å². The van der Waals surface area contributed by atoms with Gasteiger partial charge in [-0.2, -0.15) is 10.4 Å². The number of benzene rings is 3. The molecule has 2 heterocycles. The molecule has 0 unspecified atom stereocenters. The minimum absolute atomic E-state index is 0.212. The second-order valence-electron chi connectivity index (χ2n) is 9.37. The summed E-state index contributed by atoms with van der Waals surface area (Å²) in [5, 5.41) is 15.3. The normalized spacial score (nSPS) is 11.6. The Balaban J connectivity index is 1.56. The highest BCUT2D eigenvalue weighted by molar-refractivity contribution is 5.91. The van der Waals surface area contributed by atoms with Crippen molar-refractivity contribution in [2.24, 2.45) is 5.92 Å².